The number of phenolic OH excluding ortho intramolecular Hbond substituents is 1. The van der Waals surface area contributed by atoms with Gasteiger partial charge >= 0.3 is 0 Å². The zero-order valence-electron chi connectivity index (χ0n) is 8.96. The number of rotatable bonds is 5. The van der Waals surface area contributed by atoms with Crippen molar-refractivity contribution in [3.8, 4) is 5.75 Å². The number of aromatic hydroxyl groups is 1. The maximum absolute atomic E-state index is 9.60. The van der Waals surface area contributed by atoms with Gasteiger partial charge in [-0.2, -0.15) is 11.8 Å². The molecule has 1 aromatic rings. The van der Waals surface area contributed by atoms with Crippen molar-refractivity contribution in [1.29, 1.82) is 0 Å². The molecule has 0 aliphatic carbocycles. The highest BCUT2D eigenvalue weighted by Gasteiger charge is 2.07. The highest BCUT2D eigenvalue weighted by atomic mass is 35.5. The van der Waals surface area contributed by atoms with E-state index in [9.17, 15) is 5.11 Å². The molecule has 1 atom stereocenters. The first-order valence-corrected chi connectivity index (χ1v) is 6.61. The molecule has 0 aliphatic rings. The molecule has 0 aromatic heterocycles. The fraction of sp³-hybridized carbons (Fsp3) is 0.455. The molecule has 4 heteroatoms. The number of nitrogens with one attached hydrogen (secondary N) is 1. The van der Waals surface area contributed by atoms with E-state index in [0.717, 1.165) is 11.3 Å². The van der Waals surface area contributed by atoms with Crippen LogP contribution in [0.15, 0.2) is 18.2 Å². The van der Waals surface area contributed by atoms with E-state index in [1.54, 1.807) is 30.0 Å². The first kappa shape index (κ1) is 12.7. The van der Waals surface area contributed by atoms with Gasteiger partial charge in [-0.15, -0.1) is 0 Å². The average molecular weight is 246 g/mol. The Bertz CT molecular complexity index is 299. The van der Waals surface area contributed by atoms with Gasteiger partial charge in [0, 0.05) is 28.9 Å². The van der Waals surface area contributed by atoms with Gasteiger partial charge in [0.15, 0.2) is 0 Å². The van der Waals surface area contributed by atoms with Gasteiger partial charge in [0.1, 0.15) is 5.75 Å². The highest BCUT2D eigenvalue weighted by Crippen LogP contribution is 2.24. The summed E-state index contributed by atoms with van der Waals surface area (Å²) in [5, 5.41) is 13.5. The van der Waals surface area contributed by atoms with Gasteiger partial charge < -0.3 is 10.4 Å². The van der Waals surface area contributed by atoms with E-state index in [1.807, 2.05) is 0 Å². The smallest absolute Gasteiger partial charge is 0.121 e. The Labute approximate surface area is 100 Å². The molecule has 1 unspecified atom stereocenters. The van der Waals surface area contributed by atoms with Gasteiger partial charge in [-0.3, -0.25) is 0 Å². The maximum atomic E-state index is 9.60. The lowest BCUT2D eigenvalue weighted by Crippen LogP contribution is -2.27. The quantitative estimate of drug-likeness (QED) is 0.837. The average Bonchev–Trinajstić information content (AvgIpc) is 2.17. The number of hydrogen-bond acceptors (Lipinski definition) is 3. The highest BCUT2D eigenvalue weighted by molar-refractivity contribution is 7.98. The lowest BCUT2D eigenvalue weighted by molar-refractivity contribution is 0.462. The summed E-state index contributed by atoms with van der Waals surface area (Å²) in [6.45, 7) is 2.72. The minimum absolute atomic E-state index is 0.256. The molecule has 15 heavy (non-hydrogen) atoms. The topological polar surface area (TPSA) is 32.3 Å². The van der Waals surface area contributed by atoms with Crippen molar-refractivity contribution in [3.63, 3.8) is 0 Å². The molecule has 2 N–H and O–H groups in total. The van der Waals surface area contributed by atoms with Crippen molar-refractivity contribution < 1.29 is 5.11 Å². The maximum Gasteiger partial charge on any atom is 0.121 e. The summed E-state index contributed by atoms with van der Waals surface area (Å²) in [5.41, 5.74) is 0.770. The Kier molecular flexibility index (Phi) is 5.29. The van der Waals surface area contributed by atoms with Crippen LogP contribution in [0, 0.1) is 0 Å². The van der Waals surface area contributed by atoms with Gasteiger partial charge in [-0.1, -0.05) is 17.7 Å². The molecule has 0 radical (unpaired) electrons. The van der Waals surface area contributed by atoms with Crippen LogP contribution in [0.1, 0.15) is 12.5 Å². The Morgan fingerprint density at radius 3 is 2.87 bits per heavy atom. The normalized spacial score (nSPS) is 12.7. The molecule has 0 aliphatic heterocycles. The second-order valence-electron chi connectivity index (χ2n) is 3.47. The fourth-order valence-electron chi connectivity index (χ4n) is 1.31. The lowest BCUT2D eigenvalue weighted by atomic mass is 10.2. The van der Waals surface area contributed by atoms with Gasteiger partial charge in [0.05, 0.1) is 0 Å². The van der Waals surface area contributed by atoms with Gasteiger partial charge in [-0.05, 0) is 25.3 Å². The van der Waals surface area contributed by atoms with Crippen LogP contribution in [0.4, 0.5) is 0 Å². The third kappa shape index (κ3) is 3.93. The van der Waals surface area contributed by atoms with Crippen molar-refractivity contribution in [1.82, 2.24) is 5.32 Å². The molecule has 1 aromatic carbocycles. The number of hydrogen-bond donors (Lipinski definition) is 2. The van der Waals surface area contributed by atoms with Crippen molar-refractivity contribution >= 4 is 23.4 Å². The van der Waals surface area contributed by atoms with Crippen LogP contribution in [0.25, 0.3) is 0 Å². The Morgan fingerprint density at radius 1 is 1.53 bits per heavy atom. The third-order valence-corrected chi connectivity index (χ3v) is 3.33. The molecule has 0 amide bonds. The zero-order chi connectivity index (χ0) is 11.3. The number of halogens is 1. The molecule has 0 fully saturated rings. The number of thioether (sulfide) groups is 1. The fourth-order valence-corrected chi connectivity index (χ4v) is 2.16. The predicted octanol–water partition coefficient (Wildman–Crippen LogP) is 2.89. The van der Waals surface area contributed by atoms with E-state index in [4.69, 9.17) is 11.6 Å². The second kappa shape index (κ2) is 6.26. The van der Waals surface area contributed by atoms with E-state index >= 15 is 0 Å². The second-order valence-corrected chi connectivity index (χ2v) is 4.79. The lowest BCUT2D eigenvalue weighted by Gasteiger charge is -2.13. The SMILES string of the molecule is CSCC(C)NCc1c(O)cccc1Cl. The summed E-state index contributed by atoms with van der Waals surface area (Å²) in [4.78, 5) is 0. The molecule has 84 valence electrons. The molecule has 0 saturated heterocycles. The summed E-state index contributed by atoms with van der Waals surface area (Å²) < 4.78 is 0. The predicted molar refractivity (Wildman–Crippen MR) is 67.8 cm³/mol. The molecular formula is C11H16ClNOS. The summed E-state index contributed by atoms with van der Waals surface area (Å²) in [6, 6.07) is 5.60. The van der Waals surface area contributed by atoms with Crippen LogP contribution in [-0.4, -0.2) is 23.2 Å². The van der Waals surface area contributed by atoms with Crippen LogP contribution < -0.4 is 5.32 Å². The number of benzene rings is 1. The van der Waals surface area contributed by atoms with E-state index in [-0.39, 0.29) is 5.75 Å². The van der Waals surface area contributed by atoms with Gasteiger partial charge in [0.2, 0.25) is 0 Å². The minimum Gasteiger partial charge on any atom is -0.508 e. The third-order valence-electron chi connectivity index (χ3n) is 2.14. The molecule has 0 heterocycles. The molecular weight excluding hydrogens is 230 g/mol. The summed E-state index contributed by atoms with van der Waals surface area (Å²) >= 11 is 7.78. The largest absolute Gasteiger partial charge is 0.508 e. The van der Waals surface area contributed by atoms with Crippen LogP contribution in [0.5, 0.6) is 5.75 Å². The van der Waals surface area contributed by atoms with Gasteiger partial charge in [-0.25, -0.2) is 0 Å². The van der Waals surface area contributed by atoms with Crippen LogP contribution >= 0.6 is 23.4 Å². The van der Waals surface area contributed by atoms with Gasteiger partial charge in [0.25, 0.3) is 0 Å². The monoisotopic (exact) mass is 245 g/mol. The van der Waals surface area contributed by atoms with Crippen LogP contribution in [0.2, 0.25) is 5.02 Å². The van der Waals surface area contributed by atoms with Crippen LogP contribution in [0.3, 0.4) is 0 Å². The van der Waals surface area contributed by atoms with E-state index in [2.05, 4.69) is 18.5 Å². The molecule has 1 rings (SSSR count). The Morgan fingerprint density at radius 2 is 2.27 bits per heavy atom. The molecule has 0 bridgehead atoms. The van der Waals surface area contributed by atoms with E-state index in [1.165, 1.54) is 0 Å². The van der Waals surface area contributed by atoms with Crippen molar-refractivity contribution in [3.05, 3.63) is 28.8 Å². The first-order valence-electron chi connectivity index (χ1n) is 4.83. The van der Waals surface area contributed by atoms with Crippen molar-refractivity contribution in [2.45, 2.75) is 19.5 Å². The summed E-state index contributed by atoms with van der Waals surface area (Å²) in [5.74, 6) is 1.30. The molecule has 2 nitrogen and oxygen atoms in total. The minimum atomic E-state index is 0.256. The van der Waals surface area contributed by atoms with E-state index < -0.39 is 0 Å². The zero-order valence-corrected chi connectivity index (χ0v) is 10.5. The Hall–Kier alpha value is -0.380. The van der Waals surface area contributed by atoms with Crippen molar-refractivity contribution in [2.24, 2.45) is 0 Å². The van der Waals surface area contributed by atoms with E-state index in [0.29, 0.717) is 17.6 Å². The summed E-state index contributed by atoms with van der Waals surface area (Å²) in [7, 11) is 0. The van der Waals surface area contributed by atoms with Crippen LogP contribution in [-0.2, 0) is 6.54 Å². The molecule has 0 saturated carbocycles. The number of phenols is 1. The first-order chi connectivity index (χ1) is 7.15. The Balaban J connectivity index is 2.57. The standard InChI is InChI=1S/C11H16ClNOS/c1-8(7-15-2)13-6-9-10(12)4-3-5-11(9)14/h3-5,8,13-14H,6-7H2,1-2H3. The van der Waals surface area contributed by atoms with Crippen molar-refractivity contribution in [2.75, 3.05) is 12.0 Å². The molecule has 0 spiro atoms. The summed E-state index contributed by atoms with van der Waals surface area (Å²) in [6.07, 6.45) is 2.07.